The van der Waals surface area contributed by atoms with Crippen molar-refractivity contribution >= 4 is 93.2 Å². The summed E-state index contributed by atoms with van der Waals surface area (Å²) >= 11 is 24.1. The molecule has 2 aliphatic rings. The number of amides is 2. The Kier molecular flexibility index (Phi) is 20.4. The Labute approximate surface area is 385 Å². The normalized spacial score (nSPS) is 18.3. The zero-order chi connectivity index (χ0) is 42.3. The Bertz CT molecular complexity index is 2130. The number of carbonyl (C=O) groups is 4. The molecule has 0 bridgehead atoms. The molecular formula is C40H47Cl4LiN8O8. The Morgan fingerprint density at radius 2 is 1.07 bits per heavy atom. The van der Waals surface area contributed by atoms with Crippen LogP contribution in [0.2, 0.25) is 20.1 Å². The van der Waals surface area contributed by atoms with Gasteiger partial charge < -0.3 is 51.9 Å². The summed E-state index contributed by atoms with van der Waals surface area (Å²) in [7, 11) is 0. The molecule has 61 heavy (non-hydrogen) atoms. The smallest absolute Gasteiger partial charge is 0.870 e. The number of aromatic nitrogens is 2. The maximum absolute atomic E-state index is 12.8. The zero-order valence-electron chi connectivity index (χ0n) is 34.0. The molecule has 4 atom stereocenters. The standard InChI is InChI=1S/C21H24Cl2N4O3.C19H20Cl2N4O3.Li.2H2O/c1-3-30-20(29)9-19(28)26-12-18(14-4-6-15(22)7-5-14)27(11-13(26)2)21-17(24)8-16(23)10-25-21;1-11-9-25(19-15(22)6-14(21)8-23-19)16(12-2-4-13(20)5-3-12)10-24(11)17(26)7-18(27)28;;;/h4-8,10,13,18H,3,9,11-12,24H2,1-2H3;2-6,8,11,16H,7,9-10,22H2,1H3,(H,27,28);;2*1H2/q;;+1;;/p-1. The maximum Gasteiger partial charge on any atom is 1.00 e. The van der Waals surface area contributed by atoms with E-state index >= 15 is 0 Å². The van der Waals surface area contributed by atoms with Crippen molar-refractivity contribution in [3.8, 4) is 0 Å². The number of carbonyl (C=O) groups excluding carboxylic acids is 3. The molecule has 6 rings (SSSR count). The van der Waals surface area contributed by atoms with Gasteiger partial charge in [0.15, 0.2) is 11.6 Å². The monoisotopic (exact) mass is 914 g/mol. The van der Waals surface area contributed by atoms with Crippen molar-refractivity contribution in [1.82, 2.24) is 19.8 Å². The van der Waals surface area contributed by atoms with Gasteiger partial charge in [0, 0.05) is 60.7 Å². The molecule has 16 nitrogen and oxygen atoms in total. The van der Waals surface area contributed by atoms with Crippen molar-refractivity contribution in [1.29, 1.82) is 0 Å². The average Bonchev–Trinajstić information content (AvgIpc) is 3.15. The molecule has 4 unspecified atom stereocenters. The Morgan fingerprint density at radius 1 is 0.689 bits per heavy atom. The fourth-order valence-corrected chi connectivity index (χ4v) is 7.68. The number of rotatable bonds is 9. The molecule has 2 amide bonds. The number of nitrogens with two attached hydrogens (primary N) is 2. The summed E-state index contributed by atoms with van der Waals surface area (Å²) in [5, 5.41) is 11.1. The van der Waals surface area contributed by atoms with Gasteiger partial charge in [-0.25, -0.2) is 9.97 Å². The zero-order valence-corrected chi connectivity index (χ0v) is 37.0. The molecule has 2 saturated heterocycles. The predicted molar refractivity (Wildman–Crippen MR) is 232 cm³/mol. The van der Waals surface area contributed by atoms with Gasteiger partial charge in [-0.3, -0.25) is 19.2 Å². The van der Waals surface area contributed by atoms with Crippen LogP contribution in [-0.4, -0.2) is 104 Å². The molecule has 2 aliphatic heterocycles. The SMILES string of the molecule is CC1CN(c2ncc(Cl)cc2N)C(c2ccc(Cl)cc2)CN1C(=O)CC(=O)O.CCOC(=O)CC(=O)N1CC(c2ccc(Cl)cc2)N(c2ncc(Cl)cc2N)CC1C.O.[Li+].[OH-]. The summed E-state index contributed by atoms with van der Waals surface area (Å²) in [4.78, 5) is 64.3. The van der Waals surface area contributed by atoms with Gasteiger partial charge in [-0.15, -0.1) is 0 Å². The van der Waals surface area contributed by atoms with E-state index in [4.69, 9.17) is 67.7 Å². The van der Waals surface area contributed by atoms with Crippen LogP contribution < -0.4 is 40.1 Å². The first kappa shape index (κ1) is 52.6. The number of ether oxygens (including phenoxy) is 1. The minimum atomic E-state index is -1.15. The number of carboxylic acids is 1. The predicted octanol–water partition coefficient (Wildman–Crippen LogP) is 2.93. The fraction of sp³-hybridized carbons (Fsp3) is 0.350. The first-order valence-electron chi connectivity index (χ1n) is 18.4. The van der Waals surface area contributed by atoms with E-state index in [0.29, 0.717) is 69.3 Å². The van der Waals surface area contributed by atoms with E-state index in [0.717, 1.165) is 11.1 Å². The summed E-state index contributed by atoms with van der Waals surface area (Å²) in [5.74, 6) is -1.19. The van der Waals surface area contributed by atoms with Crippen LogP contribution >= 0.6 is 46.4 Å². The number of hydrogen-bond acceptors (Lipinski definition) is 12. The molecule has 2 fully saturated rings. The number of carboxylic acid groups (broad SMARTS) is 1. The van der Waals surface area contributed by atoms with E-state index in [-0.39, 0.29) is 72.9 Å². The number of hydrogen-bond donors (Lipinski definition) is 3. The number of esters is 1. The van der Waals surface area contributed by atoms with Crippen LogP contribution in [0.4, 0.5) is 23.0 Å². The maximum atomic E-state index is 12.8. The second-order valence-corrected chi connectivity index (χ2v) is 15.7. The second kappa shape index (κ2) is 23.6. The molecule has 324 valence electrons. The van der Waals surface area contributed by atoms with Gasteiger partial charge in [-0.05, 0) is 68.3 Å². The minimum absolute atomic E-state index is 0. The topological polar surface area (TPSA) is 250 Å². The van der Waals surface area contributed by atoms with Crippen LogP contribution in [0, 0.1) is 0 Å². The number of anilines is 4. The van der Waals surface area contributed by atoms with Crippen LogP contribution in [0.1, 0.15) is 56.8 Å². The molecule has 2 aromatic heterocycles. The van der Waals surface area contributed by atoms with Crippen LogP contribution in [0.5, 0.6) is 0 Å². The van der Waals surface area contributed by atoms with Crippen LogP contribution in [0.3, 0.4) is 0 Å². The van der Waals surface area contributed by atoms with E-state index in [1.54, 1.807) is 59.3 Å². The van der Waals surface area contributed by atoms with Crippen molar-refractivity contribution in [2.24, 2.45) is 0 Å². The number of halogens is 4. The summed E-state index contributed by atoms with van der Waals surface area (Å²) in [5.41, 5.74) is 15.1. The third-order valence-corrected chi connectivity index (χ3v) is 10.7. The number of piperazine rings is 2. The fourth-order valence-electron chi connectivity index (χ4n) is 7.10. The molecule has 4 aromatic rings. The quantitative estimate of drug-likeness (QED) is 0.124. The molecule has 4 heterocycles. The molecule has 0 aliphatic carbocycles. The second-order valence-electron chi connectivity index (χ2n) is 13.9. The average molecular weight is 917 g/mol. The van der Waals surface area contributed by atoms with E-state index in [9.17, 15) is 19.2 Å². The van der Waals surface area contributed by atoms with Crippen LogP contribution in [0.15, 0.2) is 73.1 Å². The minimum Gasteiger partial charge on any atom is -0.870 e. The van der Waals surface area contributed by atoms with Crippen molar-refractivity contribution in [3.05, 3.63) is 104 Å². The van der Waals surface area contributed by atoms with Crippen molar-refractivity contribution < 1.29 is 58.8 Å². The first-order valence-corrected chi connectivity index (χ1v) is 19.9. The molecule has 0 spiro atoms. The summed E-state index contributed by atoms with van der Waals surface area (Å²) in [6.07, 6.45) is 2.25. The largest absolute Gasteiger partial charge is 1.00 e. The van der Waals surface area contributed by atoms with E-state index < -0.39 is 24.3 Å². The van der Waals surface area contributed by atoms with Crippen molar-refractivity contribution in [2.75, 3.05) is 54.1 Å². The van der Waals surface area contributed by atoms with Crippen molar-refractivity contribution in [3.63, 3.8) is 0 Å². The molecule has 2 aromatic carbocycles. The number of pyridine rings is 2. The summed E-state index contributed by atoms with van der Waals surface area (Å²) in [6, 6.07) is 17.2. The third kappa shape index (κ3) is 13.5. The van der Waals surface area contributed by atoms with Crippen LogP contribution in [0.25, 0.3) is 0 Å². The first-order chi connectivity index (χ1) is 27.6. The van der Waals surface area contributed by atoms with Gasteiger partial charge in [0.2, 0.25) is 11.8 Å². The van der Waals surface area contributed by atoms with Gasteiger partial charge in [-0.1, -0.05) is 70.7 Å². The third-order valence-electron chi connectivity index (χ3n) is 9.80. The van der Waals surface area contributed by atoms with E-state index in [1.807, 2.05) is 43.0 Å². The number of nitrogens with zero attached hydrogens (tertiary/aromatic N) is 6. The molecular weight excluding hydrogens is 869 g/mol. The Morgan fingerprint density at radius 3 is 1.41 bits per heavy atom. The molecule has 0 radical (unpaired) electrons. The number of benzene rings is 2. The van der Waals surface area contributed by atoms with Crippen LogP contribution in [-0.2, 0) is 23.9 Å². The van der Waals surface area contributed by atoms with Gasteiger partial charge in [0.1, 0.15) is 12.8 Å². The van der Waals surface area contributed by atoms with E-state index in [2.05, 4.69) is 14.9 Å². The van der Waals surface area contributed by atoms with Gasteiger partial charge in [0.05, 0.1) is 40.1 Å². The Balaban J connectivity index is 0.000000401. The van der Waals surface area contributed by atoms with Gasteiger partial charge >= 0.3 is 30.8 Å². The molecule has 8 N–H and O–H groups in total. The molecule has 0 saturated carbocycles. The van der Waals surface area contributed by atoms with Gasteiger partial charge in [-0.2, -0.15) is 0 Å². The molecule has 21 heteroatoms. The van der Waals surface area contributed by atoms with Crippen molar-refractivity contribution in [2.45, 2.75) is 57.8 Å². The summed E-state index contributed by atoms with van der Waals surface area (Å²) in [6.45, 7) is 7.35. The Hall–Kier alpha value is -4.50. The van der Waals surface area contributed by atoms with Gasteiger partial charge in [0.25, 0.3) is 0 Å². The number of aliphatic carboxylic acids is 1. The summed E-state index contributed by atoms with van der Waals surface area (Å²) < 4.78 is 4.93. The number of nitrogen functional groups attached to an aromatic ring is 2. The van der Waals surface area contributed by atoms with E-state index in [1.165, 1.54) is 6.20 Å².